The molecule has 0 amide bonds. The van der Waals surface area contributed by atoms with Crippen molar-refractivity contribution in [2.75, 3.05) is 26.4 Å². The molecule has 1 aromatic carbocycles. The summed E-state index contributed by atoms with van der Waals surface area (Å²) >= 11 is 3.28. The van der Waals surface area contributed by atoms with Crippen LogP contribution >= 0.6 is 15.9 Å². The Bertz CT molecular complexity index is 596. The van der Waals surface area contributed by atoms with Gasteiger partial charge in [0.15, 0.2) is 0 Å². The van der Waals surface area contributed by atoms with Gasteiger partial charge in [-0.2, -0.15) is 0 Å². The lowest BCUT2D eigenvalue weighted by Gasteiger charge is -2.34. The van der Waals surface area contributed by atoms with Crippen LogP contribution in [0.3, 0.4) is 0 Å². The Hall–Kier alpha value is -0.490. The number of hydrogen-bond acceptors (Lipinski definition) is 3. The van der Waals surface area contributed by atoms with Gasteiger partial charge in [0.2, 0.25) is 0 Å². The van der Waals surface area contributed by atoms with Gasteiger partial charge in [-0.05, 0) is 69.9 Å². The van der Waals surface area contributed by atoms with Crippen molar-refractivity contribution >= 4 is 15.9 Å². The van der Waals surface area contributed by atoms with E-state index in [1.807, 2.05) is 6.07 Å². The van der Waals surface area contributed by atoms with Crippen molar-refractivity contribution < 1.29 is 13.9 Å². The molecule has 2 atom stereocenters. The van der Waals surface area contributed by atoms with Crippen molar-refractivity contribution in [3.63, 3.8) is 0 Å². The molecule has 0 radical (unpaired) electrons. The Morgan fingerprint density at radius 2 is 1.96 bits per heavy atom. The number of hydrogen-bond donors (Lipinski definition) is 0. The first kappa shape index (κ1) is 20.2. The van der Waals surface area contributed by atoms with Crippen LogP contribution < -0.4 is 0 Å². The number of ether oxygens (including phenoxy) is 2. The zero-order valence-electron chi connectivity index (χ0n) is 16.1. The first-order valence-electron chi connectivity index (χ1n) is 9.70. The summed E-state index contributed by atoms with van der Waals surface area (Å²) in [6.07, 6.45) is 3.79. The lowest BCUT2D eigenvalue weighted by Crippen LogP contribution is -2.38. The Morgan fingerprint density at radius 3 is 2.62 bits per heavy atom. The van der Waals surface area contributed by atoms with Crippen LogP contribution in [0.25, 0.3) is 0 Å². The van der Waals surface area contributed by atoms with Gasteiger partial charge in [0.25, 0.3) is 0 Å². The molecule has 1 aliphatic carbocycles. The molecule has 1 aromatic rings. The minimum absolute atomic E-state index is 0.0654. The number of piperidine rings is 1. The van der Waals surface area contributed by atoms with E-state index in [1.165, 1.54) is 25.3 Å². The molecular weight excluding hydrogens is 397 g/mol. The fourth-order valence-corrected chi connectivity index (χ4v) is 4.13. The van der Waals surface area contributed by atoms with E-state index in [0.717, 1.165) is 42.7 Å². The summed E-state index contributed by atoms with van der Waals surface area (Å²) in [5, 5.41) is 0. The number of likely N-dealkylation sites (tertiary alicyclic amines) is 1. The average molecular weight is 428 g/mol. The van der Waals surface area contributed by atoms with E-state index in [0.29, 0.717) is 18.1 Å². The van der Waals surface area contributed by atoms with Gasteiger partial charge in [-0.25, -0.2) is 4.39 Å². The van der Waals surface area contributed by atoms with Crippen LogP contribution in [0.1, 0.15) is 45.6 Å². The Labute approximate surface area is 165 Å². The summed E-state index contributed by atoms with van der Waals surface area (Å²) in [7, 11) is 0. The van der Waals surface area contributed by atoms with Crippen LogP contribution in [0, 0.1) is 23.6 Å². The molecule has 2 fully saturated rings. The smallest absolute Gasteiger partial charge is 0.129 e. The molecule has 0 aromatic heterocycles. The first-order valence-corrected chi connectivity index (χ1v) is 10.5. The van der Waals surface area contributed by atoms with Crippen LogP contribution in [0.15, 0.2) is 22.7 Å². The predicted octanol–water partition coefficient (Wildman–Crippen LogP) is 5.23. The molecule has 1 heterocycles. The van der Waals surface area contributed by atoms with Crippen LogP contribution in [0.4, 0.5) is 4.39 Å². The third-order valence-corrected chi connectivity index (χ3v) is 5.99. The maximum Gasteiger partial charge on any atom is 0.129 e. The van der Waals surface area contributed by atoms with E-state index in [9.17, 15) is 4.39 Å². The van der Waals surface area contributed by atoms with Gasteiger partial charge in [0, 0.05) is 23.1 Å². The average Bonchev–Trinajstić information content (AvgIpc) is 3.34. The van der Waals surface area contributed by atoms with E-state index in [1.54, 1.807) is 6.07 Å². The van der Waals surface area contributed by atoms with E-state index in [-0.39, 0.29) is 11.4 Å². The summed E-state index contributed by atoms with van der Waals surface area (Å²) in [6, 6.07) is 5.15. The number of halogens is 2. The third kappa shape index (κ3) is 6.01. The maximum atomic E-state index is 13.8. The lowest BCUT2D eigenvalue weighted by atomic mass is 9.91. The second-order valence-corrected chi connectivity index (χ2v) is 9.67. The highest BCUT2D eigenvalue weighted by Crippen LogP contribution is 2.48. The monoisotopic (exact) mass is 427 g/mol. The van der Waals surface area contributed by atoms with Crippen molar-refractivity contribution in [3.05, 3.63) is 34.1 Å². The van der Waals surface area contributed by atoms with Crippen molar-refractivity contribution in [3.8, 4) is 0 Å². The SMILES string of the molecule is CC(C)(C)OCN1CCC([C@H]2C[C@H]2COCc2ccc(Br)cc2F)CC1. The van der Waals surface area contributed by atoms with Crippen LogP contribution in [-0.4, -0.2) is 36.9 Å². The fourth-order valence-electron chi connectivity index (χ4n) is 3.79. The maximum absolute atomic E-state index is 13.8. The molecule has 0 unspecified atom stereocenters. The molecule has 1 saturated carbocycles. The van der Waals surface area contributed by atoms with E-state index < -0.39 is 0 Å². The van der Waals surface area contributed by atoms with E-state index in [4.69, 9.17) is 9.47 Å². The number of rotatable bonds is 7. The fraction of sp³-hybridized carbons (Fsp3) is 0.714. The van der Waals surface area contributed by atoms with Gasteiger partial charge in [-0.1, -0.05) is 22.0 Å². The molecule has 146 valence electrons. The van der Waals surface area contributed by atoms with E-state index >= 15 is 0 Å². The van der Waals surface area contributed by atoms with Crippen LogP contribution in [-0.2, 0) is 16.1 Å². The summed E-state index contributed by atoms with van der Waals surface area (Å²) in [5.41, 5.74) is 0.571. The quantitative estimate of drug-likeness (QED) is 0.594. The molecule has 5 heteroatoms. The molecule has 2 aliphatic rings. The molecule has 0 bridgehead atoms. The Balaban J connectivity index is 1.32. The highest BCUT2D eigenvalue weighted by molar-refractivity contribution is 9.10. The predicted molar refractivity (Wildman–Crippen MR) is 105 cm³/mol. The number of nitrogens with zero attached hydrogens (tertiary/aromatic N) is 1. The minimum Gasteiger partial charge on any atom is -0.376 e. The normalized spacial score (nSPS) is 24.8. The second kappa shape index (κ2) is 8.68. The Morgan fingerprint density at radius 1 is 1.23 bits per heavy atom. The van der Waals surface area contributed by atoms with Crippen molar-refractivity contribution in [2.45, 2.75) is 52.2 Å². The van der Waals surface area contributed by atoms with Gasteiger partial charge in [-0.3, -0.25) is 4.90 Å². The van der Waals surface area contributed by atoms with Gasteiger partial charge in [0.1, 0.15) is 5.82 Å². The summed E-state index contributed by atoms with van der Waals surface area (Å²) in [4.78, 5) is 2.42. The summed E-state index contributed by atoms with van der Waals surface area (Å²) in [5.74, 6) is 2.09. The summed E-state index contributed by atoms with van der Waals surface area (Å²) < 4.78 is 26.3. The van der Waals surface area contributed by atoms with Gasteiger partial charge in [0.05, 0.1) is 25.5 Å². The van der Waals surface area contributed by atoms with E-state index in [2.05, 4.69) is 41.6 Å². The molecule has 26 heavy (non-hydrogen) atoms. The van der Waals surface area contributed by atoms with Gasteiger partial charge in [-0.15, -0.1) is 0 Å². The largest absolute Gasteiger partial charge is 0.376 e. The van der Waals surface area contributed by atoms with Gasteiger partial charge >= 0.3 is 0 Å². The third-order valence-electron chi connectivity index (χ3n) is 5.50. The van der Waals surface area contributed by atoms with Crippen molar-refractivity contribution in [1.29, 1.82) is 0 Å². The minimum atomic E-state index is -0.198. The zero-order chi connectivity index (χ0) is 18.7. The topological polar surface area (TPSA) is 21.7 Å². The highest BCUT2D eigenvalue weighted by Gasteiger charge is 2.43. The standard InChI is InChI=1S/C21H31BrFNO2/c1-21(2,3)26-14-24-8-6-15(7-9-24)19-10-17(19)13-25-12-16-4-5-18(22)11-20(16)23/h4-5,11,15,17,19H,6-10,12-14H2,1-3H3/t17-,19+/m0/s1. The van der Waals surface area contributed by atoms with Crippen molar-refractivity contribution in [2.24, 2.45) is 17.8 Å². The first-order chi connectivity index (χ1) is 12.3. The molecule has 0 spiro atoms. The molecular formula is C21H31BrFNO2. The number of benzene rings is 1. The zero-order valence-corrected chi connectivity index (χ0v) is 17.7. The van der Waals surface area contributed by atoms with Gasteiger partial charge < -0.3 is 9.47 Å². The summed E-state index contributed by atoms with van der Waals surface area (Å²) in [6.45, 7) is 10.5. The van der Waals surface area contributed by atoms with Crippen LogP contribution in [0.2, 0.25) is 0 Å². The van der Waals surface area contributed by atoms with Crippen LogP contribution in [0.5, 0.6) is 0 Å². The lowest BCUT2D eigenvalue weighted by molar-refractivity contribution is -0.0721. The Kier molecular flexibility index (Phi) is 6.76. The molecule has 1 aliphatic heterocycles. The highest BCUT2D eigenvalue weighted by atomic mass is 79.9. The molecule has 3 rings (SSSR count). The second-order valence-electron chi connectivity index (χ2n) is 8.75. The molecule has 3 nitrogen and oxygen atoms in total. The molecule has 1 saturated heterocycles. The molecule has 0 N–H and O–H groups in total. The van der Waals surface area contributed by atoms with Crippen molar-refractivity contribution in [1.82, 2.24) is 4.90 Å².